The number of aromatic nitrogens is 2. The summed E-state index contributed by atoms with van der Waals surface area (Å²) >= 11 is 6.31. The van der Waals surface area contributed by atoms with Gasteiger partial charge in [0.25, 0.3) is 15.9 Å². The van der Waals surface area contributed by atoms with Gasteiger partial charge in [0.2, 0.25) is 0 Å². The SMILES string of the molecule is CCN(c1ccccc1)S(=O)(=O)c1ccc(OC)c(NC(=O)c2c(C)nn(Cc3ccccc3Cl)c2C)c1. The Bertz CT molecular complexity index is 1570. The van der Waals surface area contributed by atoms with Gasteiger partial charge < -0.3 is 10.1 Å². The molecule has 3 aromatic carbocycles. The van der Waals surface area contributed by atoms with Gasteiger partial charge in [-0.25, -0.2) is 8.42 Å². The van der Waals surface area contributed by atoms with Crippen molar-refractivity contribution in [2.45, 2.75) is 32.2 Å². The van der Waals surface area contributed by atoms with Gasteiger partial charge in [0.1, 0.15) is 5.75 Å². The van der Waals surface area contributed by atoms with Crippen molar-refractivity contribution in [3.05, 3.63) is 100 Å². The smallest absolute Gasteiger partial charge is 0.264 e. The number of hydrogen-bond donors (Lipinski definition) is 1. The number of methoxy groups -OCH3 is 1. The third-order valence-corrected chi connectivity index (χ3v) is 8.49. The number of rotatable bonds is 9. The number of halogens is 1. The molecule has 0 unspecified atom stereocenters. The summed E-state index contributed by atoms with van der Waals surface area (Å²) in [4.78, 5) is 13.5. The summed E-state index contributed by atoms with van der Waals surface area (Å²) in [6.45, 7) is 5.97. The van der Waals surface area contributed by atoms with E-state index in [9.17, 15) is 13.2 Å². The molecule has 0 saturated carbocycles. The maximum atomic E-state index is 13.5. The number of para-hydroxylation sites is 1. The molecule has 1 amide bonds. The number of ether oxygens (including phenoxy) is 1. The normalized spacial score (nSPS) is 11.3. The summed E-state index contributed by atoms with van der Waals surface area (Å²) in [5, 5.41) is 7.99. The van der Waals surface area contributed by atoms with Crippen LogP contribution in [0.15, 0.2) is 77.7 Å². The van der Waals surface area contributed by atoms with Crippen molar-refractivity contribution in [3.63, 3.8) is 0 Å². The first kappa shape index (κ1) is 27.2. The highest BCUT2D eigenvalue weighted by Gasteiger charge is 2.26. The second kappa shape index (κ2) is 11.3. The summed E-state index contributed by atoms with van der Waals surface area (Å²) in [6, 6.07) is 20.7. The topological polar surface area (TPSA) is 93.5 Å². The Morgan fingerprint density at radius 2 is 1.74 bits per heavy atom. The van der Waals surface area contributed by atoms with Crippen LogP contribution >= 0.6 is 11.6 Å². The van der Waals surface area contributed by atoms with Crippen LogP contribution in [-0.4, -0.2) is 37.8 Å². The molecule has 1 aromatic heterocycles. The Morgan fingerprint density at radius 1 is 1.05 bits per heavy atom. The van der Waals surface area contributed by atoms with E-state index >= 15 is 0 Å². The fourth-order valence-electron chi connectivity index (χ4n) is 4.31. The Balaban J connectivity index is 1.66. The fraction of sp³-hybridized carbons (Fsp3) is 0.214. The molecule has 0 atom stereocenters. The molecule has 4 rings (SSSR count). The highest BCUT2D eigenvalue weighted by Crippen LogP contribution is 2.31. The molecule has 8 nitrogen and oxygen atoms in total. The van der Waals surface area contributed by atoms with Crippen LogP contribution in [-0.2, 0) is 16.6 Å². The summed E-state index contributed by atoms with van der Waals surface area (Å²) in [5.74, 6) is -0.0903. The first-order valence-corrected chi connectivity index (χ1v) is 13.8. The molecule has 1 N–H and O–H groups in total. The molecule has 4 aromatic rings. The number of hydrogen-bond acceptors (Lipinski definition) is 5. The molecule has 0 radical (unpaired) electrons. The van der Waals surface area contributed by atoms with Gasteiger partial charge in [-0.15, -0.1) is 0 Å². The first-order valence-electron chi connectivity index (χ1n) is 12.0. The van der Waals surface area contributed by atoms with Crippen molar-refractivity contribution in [1.82, 2.24) is 9.78 Å². The van der Waals surface area contributed by atoms with E-state index in [1.165, 1.54) is 29.6 Å². The summed E-state index contributed by atoms with van der Waals surface area (Å²) in [5.41, 5.74) is 3.26. The minimum atomic E-state index is -3.91. The van der Waals surface area contributed by atoms with Crippen molar-refractivity contribution in [3.8, 4) is 5.75 Å². The molecule has 1 heterocycles. The van der Waals surface area contributed by atoms with Crippen LogP contribution in [0, 0.1) is 13.8 Å². The van der Waals surface area contributed by atoms with Crippen LogP contribution < -0.4 is 14.4 Å². The molecule has 10 heteroatoms. The van der Waals surface area contributed by atoms with Gasteiger partial charge in [-0.2, -0.15) is 5.10 Å². The Kier molecular flexibility index (Phi) is 8.08. The maximum Gasteiger partial charge on any atom is 0.264 e. The van der Waals surface area contributed by atoms with Crippen molar-refractivity contribution in [1.29, 1.82) is 0 Å². The second-order valence-electron chi connectivity index (χ2n) is 8.62. The Hall–Kier alpha value is -3.82. The molecule has 38 heavy (non-hydrogen) atoms. The quantitative estimate of drug-likeness (QED) is 0.288. The number of benzene rings is 3. The van der Waals surface area contributed by atoms with E-state index in [2.05, 4.69) is 10.4 Å². The number of nitrogens with zero attached hydrogens (tertiary/aromatic N) is 3. The lowest BCUT2D eigenvalue weighted by atomic mass is 10.1. The van der Waals surface area contributed by atoms with Crippen molar-refractivity contribution in [2.24, 2.45) is 0 Å². The van der Waals surface area contributed by atoms with E-state index in [4.69, 9.17) is 16.3 Å². The Morgan fingerprint density at radius 3 is 2.39 bits per heavy atom. The molecule has 0 aliphatic rings. The average Bonchev–Trinajstić information content (AvgIpc) is 3.18. The van der Waals surface area contributed by atoms with Gasteiger partial charge in [-0.3, -0.25) is 13.8 Å². The Labute approximate surface area is 227 Å². The zero-order valence-corrected chi connectivity index (χ0v) is 23.2. The minimum absolute atomic E-state index is 0.0298. The third kappa shape index (κ3) is 5.39. The molecule has 0 bridgehead atoms. The number of anilines is 2. The van der Waals surface area contributed by atoms with E-state index in [1.54, 1.807) is 48.9 Å². The molecule has 0 aliphatic heterocycles. The monoisotopic (exact) mass is 552 g/mol. The van der Waals surface area contributed by atoms with E-state index in [0.29, 0.717) is 40.0 Å². The third-order valence-electron chi connectivity index (χ3n) is 6.23. The van der Waals surface area contributed by atoms with Crippen LogP contribution in [0.5, 0.6) is 5.75 Å². The minimum Gasteiger partial charge on any atom is -0.495 e. The number of amides is 1. The number of aryl methyl sites for hydroxylation is 1. The summed E-state index contributed by atoms with van der Waals surface area (Å²) in [7, 11) is -2.45. The zero-order chi connectivity index (χ0) is 27.4. The molecule has 0 aliphatic carbocycles. The molecule has 0 spiro atoms. The van der Waals surface area contributed by atoms with Crippen molar-refractivity contribution < 1.29 is 17.9 Å². The van der Waals surface area contributed by atoms with Crippen LogP contribution in [0.25, 0.3) is 0 Å². The molecular formula is C28H29ClN4O4S. The lowest BCUT2D eigenvalue weighted by Crippen LogP contribution is -2.30. The van der Waals surface area contributed by atoms with Gasteiger partial charge in [-0.05, 0) is 62.7 Å². The zero-order valence-electron chi connectivity index (χ0n) is 21.6. The van der Waals surface area contributed by atoms with E-state index < -0.39 is 15.9 Å². The summed E-state index contributed by atoms with van der Waals surface area (Å²) < 4.78 is 35.5. The van der Waals surface area contributed by atoms with Gasteiger partial charge in [-0.1, -0.05) is 48.0 Å². The average molecular weight is 553 g/mol. The number of carbonyl (C=O) groups is 1. The van der Waals surface area contributed by atoms with E-state index in [0.717, 1.165) is 5.56 Å². The summed E-state index contributed by atoms with van der Waals surface area (Å²) in [6.07, 6.45) is 0. The van der Waals surface area contributed by atoms with Crippen LogP contribution in [0.4, 0.5) is 11.4 Å². The number of nitrogens with one attached hydrogen (secondary N) is 1. The fourth-order valence-corrected chi connectivity index (χ4v) is 6.01. The first-order chi connectivity index (χ1) is 18.2. The molecule has 0 fully saturated rings. The van der Waals surface area contributed by atoms with Crippen LogP contribution in [0.3, 0.4) is 0 Å². The lowest BCUT2D eigenvalue weighted by Gasteiger charge is -2.23. The predicted octanol–water partition coefficient (Wildman–Crippen LogP) is 5.68. The van der Waals surface area contributed by atoms with Crippen LogP contribution in [0.1, 0.15) is 34.2 Å². The molecular weight excluding hydrogens is 524 g/mol. The highest BCUT2D eigenvalue weighted by molar-refractivity contribution is 7.92. The van der Waals surface area contributed by atoms with Gasteiger partial charge >= 0.3 is 0 Å². The van der Waals surface area contributed by atoms with E-state index in [1.807, 2.05) is 31.2 Å². The largest absolute Gasteiger partial charge is 0.495 e. The lowest BCUT2D eigenvalue weighted by molar-refractivity contribution is 0.102. The predicted molar refractivity (Wildman–Crippen MR) is 150 cm³/mol. The number of sulfonamides is 1. The standard InChI is InChI=1S/C28H29ClN4O4S/c1-5-33(22-12-7-6-8-13-22)38(35,36)23-15-16-26(37-4)25(17-23)30-28(34)27-19(2)31-32(20(27)3)18-21-11-9-10-14-24(21)29/h6-17H,5,18H2,1-4H3,(H,30,34). The van der Waals surface area contributed by atoms with Crippen LogP contribution in [0.2, 0.25) is 5.02 Å². The maximum absolute atomic E-state index is 13.5. The molecule has 0 saturated heterocycles. The van der Waals surface area contributed by atoms with Crippen molar-refractivity contribution >= 4 is 38.9 Å². The second-order valence-corrected chi connectivity index (χ2v) is 10.9. The van der Waals surface area contributed by atoms with E-state index in [-0.39, 0.29) is 17.1 Å². The van der Waals surface area contributed by atoms with Gasteiger partial charge in [0.05, 0.1) is 41.2 Å². The number of carbonyl (C=O) groups excluding carboxylic acids is 1. The van der Waals surface area contributed by atoms with Gasteiger partial charge in [0, 0.05) is 17.3 Å². The highest BCUT2D eigenvalue weighted by atomic mass is 35.5. The van der Waals surface area contributed by atoms with Gasteiger partial charge in [0.15, 0.2) is 0 Å². The van der Waals surface area contributed by atoms with Crippen molar-refractivity contribution in [2.75, 3.05) is 23.3 Å². The molecule has 198 valence electrons.